The van der Waals surface area contributed by atoms with E-state index < -0.39 is 23.1 Å². The van der Waals surface area contributed by atoms with Gasteiger partial charge in [-0.05, 0) is 151 Å². The number of ether oxygens (including phenoxy) is 7. The molecule has 0 aliphatic heterocycles. The Kier molecular flexibility index (Phi) is 47.1. The van der Waals surface area contributed by atoms with Crippen molar-refractivity contribution in [3.05, 3.63) is 239 Å². The monoisotopic (exact) mass is 2080 g/mol. The van der Waals surface area contributed by atoms with E-state index in [-0.39, 0.29) is 66.7 Å². The largest absolute Gasteiger partial charge is 0.497 e. The van der Waals surface area contributed by atoms with Gasteiger partial charge in [0, 0.05) is 144 Å². The van der Waals surface area contributed by atoms with E-state index in [0.717, 1.165) is 89.3 Å². The van der Waals surface area contributed by atoms with Gasteiger partial charge in [-0.25, -0.2) is 40.0 Å². The van der Waals surface area contributed by atoms with Gasteiger partial charge in [0.05, 0.1) is 121 Å². The topological polar surface area (TPSA) is 665 Å². The summed E-state index contributed by atoms with van der Waals surface area (Å²) >= 11 is 19.4. The van der Waals surface area contributed by atoms with E-state index in [1.807, 2.05) is 132 Å². The summed E-state index contributed by atoms with van der Waals surface area (Å²) in [5.74, 6) is -0.140. The first-order valence-electron chi connectivity index (χ1n) is 41.8. The van der Waals surface area contributed by atoms with Gasteiger partial charge in [0.1, 0.15) is 85.1 Å². The molecule has 7 N–H and O–H groups in total. The first-order valence-corrected chi connectivity index (χ1v) is 46.7. The highest BCUT2D eigenvalue weighted by Crippen LogP contribution is 2.61. The van der Waals surface area contributed by atoms with E-state index in [1.54, 1.807) is 180 Å². The number of aromatic nitrogens is 25. The molecule has 0 spiro atoms. The Hall–Kier alpha value is -16.6. The maximum absolute atomic E-state index is 12.9. The summed E-state index contributed by atoms with van der Waals surface area (Å²) in [4.78, 5) is 119. The smallest absolute Gasteiger partial charge is 0.355 e. The molecule has 15 aromatic heterocycles. The third kappa shape index (κ3) is 33.9. The first kappa shape index (κ1) is 117. The van der Waals surface area contributed by atoms with Crippen LogP contribution in [0.15, 0.2) is 166 Å². The number of hydrogen-bond acceptors (Lipinski definition) is 32. The molecule has 0 atom stereocenters. The lowest BCUT2D eigenvalue weighted by Crippen LogP contribution is -2.24. The SMILES string of the molecule is CCOC(=O)/C(=C/c1ccn(C)n1)N=[N+]=[N-].CCOC(=O)CN=[N+]=[N-].CCOC(=O)c1c(C=O)c2nn(C)cc2n1C.CCOC(=O)c1cc2nn(C)cc2[nH]1.CCOC(=O)c1cc2nn(C)cc2n1C.COc1cccc(CCl)c1.COc1cccc(Cn2ncc3c4nn(C)cc4n(C)c3c2=O)c1.Cn1cc2c(n1)c1cn[nH]c(=O)c1n2C.Cn1ccc(C=O)n1.N=N.O.O=Cc1ccn[nH]1.O=P(Cl)(Cl)Cl.[HH]. The Bertz CT molecular complexity index is 7420. The van der Waals surface area contributed by atoms with Crippen molar-refractivity contribution < 1.29 is 83.0 Å². The Morgan fingerprint density at radius 1 is 0.538 bits per heavy atom. The number of H-pyrrole nitrogens is 3. The third-order valence-electron chi connectivity index (χ3n) is 18.7. The minimum Gasteiger partial charge on any atom is -0.497 e. The average molecular weight is 2080 g/mol. The number of aldehydes is 3. The number of esters is 5. The number of fused-ring (bicyclic) bond motifs is 9. The van der Waals surface area contributed by atoms with Crippen LogP contribution >= 0.6 is 50.5 Å². The van der Waals surface area contributed by atoms with Crippen molar-refractivity contribution in [3.63, 3.8) is 0 Å². The van der Waals surface area contributed by atoms with Crippen molar-refractivity contribution in [2.45, 2.75) is 47.0 Å². The molecule has 0 unspecified atom stereocenters. The number of benzene rings is 2. The fourth-order valence-corrected chi connectivity index (χ4v) is 12.9. The van der Waals surface area contributed by atoms with Gasteiger partial charge in [-0.3, -0.25) is 71.2 Å². The molecule has 0 saturated carbocycles. The van der Waals surface area contributed by atoms with E-state index in [2.05, 4.69) is 125 Å². The van der Waals surface area contributed by atoms with Gasteiger partial charge in [-0.2, -0.15) is 51.0 Å². The molecule has 15 heterocycles. The van der Waals surface area contributed by atoms with Gasteiger partial charge >= 0.3 is 35.0 Å². The van der Waals surface area contributed by atoms with Crippen molar-refractivity contribution in [2.75, 3.05) is 53.8 Å². The number of nitrogens with zero attached hydrogens (tertiary/aromatic N) is 28. The van der Waals surface area contributed by atoms with Crippen molar-refractivity contribution in [3.8, 4) is 11.5 Å². The molecular formula is C86H106Cl4N33O19P. The Balaban J connectivity index is 0.000000336. The molecule has 2 aromatic carbocycles. The zero-order valence-corrected chi connectivity index (χ0v) is 84.5. The lowest BCUT2D eigenvalue weighted by atomic mass is 10.2. The average Bonchev–Trinajstić information content (AvgIpc) is 1.59. The first-order chi connectivity index (χ1) is 67.8. The number of nitrogens with one attached hydrogen (secondary N) is 5. The number of rotatable bonds is 21. The molecule has 0 bridgehead atoms. The van der Waals surface area contributed by atoms with E-state index in [0.29, 0.717) is 89.8 Å². The summed E-state index contributed by atoms with van der Waals surface area (Å²) in [7, 11) is 23.2. The number of halogens is 4. The van der Waals surface area contributed by atoms with Crippen LogP contribution in [-0.2, 0) is 128 Å². The van der Waals surface area contributed by atoms with E-state index >= 15 is 0 Å². The highest BCUT2D eigenvalue weighted by atomic mass is 36.0. The highest BCUT2D eigenvalue weighted by Gasteiger charge is 2.25. The molecule has 52 nitrogen and oxygen atoms in total. The normalized spacial score (nSPS) is 10.3. The van der Waals surface area contributed by atoms with Gasteiger partial charge in [0.15, 0.2) is 18.9 Å². The van der Waals surface area contributed by atoms with Crippen LogP contribution in [0.4, 0.5) is 0 Å². The second kappa shape index (κ2) is 57.7. The Labute approximate surface area is 832 Å². The molecule has 0 aliphatic carbocycles. The number of azide groups is 2. The van der Waals surface area contributed by atoms with E-state index in [9.17, 15) is 52.5 Å². The summed E-state index contributed by atoms with van der Waals surface area (Å²) in [6, 6.07) is 23.7. The zero-order chi connectivity index (χ0) is 105. The van der Waals surface area contributed by atoms with E-state index in [1.165, 1.54) is 17.0 Å². The predicted octanol–water partition coefficient (Wildman–Crippen LogP) is 13.1. The lowest BCUT2D eigenvalue weighted by molar-refractivity contribution is -0.141. The summed E-state index contributed by atoms with van der Waals surface area (Å²) in [6.45, 7) is 10.4. The van der Waals surface area contributed by atoms with Gasteiger partial charge < -0.3 is 61.9 Å². The van der Waals surface area contributed by atoms with Gasteiger partial charge in [0.25, 0.3) is 11.1 Å². The number of alkyl halides is 1. The molecule has 17 aromatic rings. The zero-order valence-electron chi connectivity index (χ0n) is 80.6. The molecule has 17 rings (SSSR count). The van der Waals surface area contributed by atoms with Crippen molar-refractivity contribution in [1.82, 2.24) is 122 Å². The summed E-state index contributed by atoms with van der Waals surface area (Å²) in [5, 5.41) is 50.2. The standard InChI is InChI=1S/C17H17N5O2.C11H13N3O3.C10H13N3O2.C9H11N5O2.C9H9N5O.C9H11N3O2.C8H9ClO.C5H6N2O.C4H7N3O2.C4H4N2O.Cl3OP.H2N2.H2O.H2/c1-20-10-14-15(19-20)13-8-18-22(17(23)16(13)21(14)2)9-11-5-4-6-12(7-11)24-3;1-4-17-11(16)10-7(6-15)9-8(14(10)3)5-13(2)12-9;1-4-15-10(14)8-5-7-9(13(8)3)6-12(2)11-7;1-3-16-9(15)8(11-13-10)6-7-4-5-14(2)12-7;1-13-4-6-7(12-13)5-3-10-11-9(15)8(5)14(6)2;1-3-14-9(13)7-4-6-8(10-7)5-12(2)11-6;1-10-8-4-2-3-7(5-8)6-9;1-7-3-2-5(4-8)6-7;1-2-9-4(8)3-6-7-5;7-3-4-1-2-5-6-4;1-5(2,3)4;1-2;;/h4-8,10H,9H2,1-3H3;5-6H,4H2,1-3H3;5-6H,4H2,1-3H3;4-6H,3H2,1-2H3;3-4H,1-2H3,(H,11,15);4-5,10H,3H2,1-2H3;2-5H,6H2,1H3;2-4H,1H3;2-3H2,1H3;1-3H,(H,5,6);;1-2H;1H2;1H/b;;;8-6-;;;;;;;;;;. The van der Waals surface area contributed by atoms with Crippen LogP contribution < -0.4 is 20.6 Å². The van der Waals surface area contributed by atoms with Crippen LogP contribution in [0.25, 0.3) is 104 Å². The number of aromatic amines is 3. The van der Waals surface area contributed by atoms with Gasteiger partial charge in [0.2, 0.25) is 0 Å². The molecule has 0 fully saturated rings. The lowest BCUT2D eigenvalue weighted by Gasteiger charge is -2.07. The summed E-state index contributed by atoms with van der Waals surface area (Å²) in [6.07, 6.45) is 21.0. The highest BCUT2D eigenvalue weighted by molar-refractivity contribution is 8.24. The molecule has 0 saturated heterocycles. The molecule has 0 radical (unpaired) electrons. The minimum absolute atomic E-state index is 0. The predicted molar refractivity (Wildman–Crippen MR) is 534 cm³/mol. The van der Waals surface area contributed by atoms with Crippen LogP contribution in [0.2, 0.25) is 0 Å². The maximum atomic E-state index is 12.9. The van der Waals surface area contributed by atoms with Crippen LogP contribution in [0.1, 0.15) is 116 Å². The van der Waals surface area contributed by atoms with Gasteiger partial charge in [-0.15, -0.1) is 11.6 Å². The molecule has 57 heteroatoms. The Morgan fingerprint density at radius 2 is 1.05 bits per heavy atom. The number of aryl methyl sites for hydroxylation is 11. The Morgan fingerprint density at radius 3 is 1.54 bits per heavy atom. The van der Waals surface area contributed by atoms with Crippen molar-refractivity contribution >= 4 is 182 Å². The molecule has 143 heavy (non-hydrogen) atoms. The number of hydrogen-bond donors (Lipinski definition) is 5. The van der Waals surface area contributed by atoms with Crippen LogP contribution in [0.5, 0.6) is 11.5 Å². The quantitative estimate of drug-likeness (QED) is 0.00513. The van der Waals surface area contributed by atoms with Gasteiger partial charge in [-0.1, -0.05) is 34.5 Å². The minimum atomic E-state index is -3.22. The molecular weight excluding hydrogens is 1970 g/mol. The summed E-state index contributed by atoms with van der Waals surface area (Å²) < 4.78 is 63.9. The van der Waals surface area contributed by atoms with Crippen molar-refractivity contribution in [2.24, 2.45) is 87.8 Å². The number of carbonyl (C=O) groups is 8. The molecule has 0 aliphatic rings. The molecule has 0 amide bonds. The second-order valence-corrected chi connectivity index (χ2v) is 35.5. The fourth-order valence-electron chi connectivity index (χ4n) is 12.8. The number of carbonyl (C=O) groups excluding carboxylic acids is 8. The second-order valence-electron chi connectivity index (χ2n) is 28.6. The number of methoxy groups -OCH3 is 2. The van der Waals surface area contributed by atoms with Crippen LogP contribution in [0.3, 0.4) is 0 Å². The fraction of sp³-hybridized carbons (Fsp3) is 0.302. The van der Waals surface area contributed by atoms with Crippen molar-refractivity contribution in [1.29, 1.82) is 11.1 Å². The molecule has 762 valence electrons. The maximum Gasteiger partial charge on any atom is 0.355 e. The third-order valence-corrected chi connectivity index (χ3v) is 19.0. The van der Waals surface area contributed by atoms with Crippen LogP contribution in [-0.4, -0.2) is 230 Å². The summed E-state index contributed by atoms with van der Waals surface area (Å²) in [5.41, 5.74) is 40.0. The van der Waals surface area contributed by atoms with Crippen LogP contribution in [0, 0.1) is 11.1 Å². The van der Waals surface area contributed by atoms with E-state index in [4.69, 9.17) is 62.1 Å².